The van der Waals surface area contributed by atoms with E-state index in [-0.39, 0.29) is 22.7 Å². The standard InChI is InChI=1S/C26H26N4O5/c1-33-25(31)22-21(17-6-4-3-5-7-17)20(16-27)24(28)30(23(22)26(32)34-2)19-10-8-18(9-11-19)29-12-14-35-15-13-29/h3-11,21H,12-15,28H2,1-2H3. The van der Waals surface area contributed by atoms with Gasteiger partial charge in [-0.1, -0.05) is 30.3 Å². The second-order valence-corrected chi connectivity index (χ2v) is 7.95. The molecule has 0 aromatic heterocycles. The minimum atomic E-state index is -0.897. The second kappa shape index (κ2) is 10.3. The maximum Gasteiger partial charge on any atom is 0.355 e. The van der Waals surface area contributed by atoms with E-state index < -0.39 is 17.9 Å². The van der Waals surface area contributed by atoms with Gasteiger partial charge in [-0.05, 0) is 29.8 Å². The van der Waals surface area contributed by atoms with Gasteiger partial charge in [0.25, 0.3) is 0 Å². The monoisotopic (exact) mass is 474 g/mol. The second-order valence-electron chi connectivity index (χ2n) is 7.95. The number of hydrogen-bond donors (Lipinski definition) is 1. The third kappa shape index (κ3) is 4.44. The van der Waals surface area contributed by atoms with Gasteiger partial charge < -0.3 is 24.8 Å². The smallest absolute Gasteiger partial charge is 0.355 e. The van der Waals surface area contributed by atoms with Crippen LogP contribution < -0.4 is 15.5 Å². The third-order valence-electron chi connectivity index (χ3n) is 6.09. The fourth-order valence-electron chi connectivity index (χ4n) is 4.42. The zero-order valence-electron chi connectivity index (χ0n) is 19.6. The van der Waals surface area contributed by atoms with E-state index in [0.717, 1.165) is 18.8 Å². The van der Waals surface area contributed by atoms with Crippen molar-refractivity contribution in [1.29, 1.82) is 5.26 Å². The summed E-state index contributed by atoms with van der Waals surface area (Å²) in [5.41, 5.74) is 8.64. The molecule has 2 N–H and O–H groups in total. The third-order valence-corrected chi connectivity index (χ3v) is 6.09. The van der Waals surface area contributed by atoms with Crippen LogP contribution in [-0.2, 0) is 23.8 Å². The molecule has 9 heteroatoms. The summed E-state index contributed by atoms with van der Waals surface area (Å²) in [5.74, 6) is -2.39. The van der Waals surface area contributed by atoms with E-state index >= 15 is 0 Å². The molecule has 0 spiro atoms. The Balaban J connectivity index is 1.90. The molecule has 9 nitrogen and oxygen atoms in total. The van der Waals surface area contributed by atoms with Gasteiger partial charge in [0.05, 0.1) is 50.6 Å². The van der Waals surface area contributed by atoms with E-state index in [9.17, 15) is 14.9 Å². The van der Waals surface area contributed by atoms with E-state index in [4.69, 9.17) is 19.9 Å². The predicted molar refractivity (Wildman–Crippen MR) is 129 cm³/mol. The van der Waals surface area contributed by atoms with Crippen LogP contribution in [0.1, 0.15) is 11.5 Å². The molecule has 2 aliphatic rings. The van der Waals surface area contributed by atoms with Crippen molar-refractivity contribution in [3.8, 4) is 6.07 Å². The maximum atomic E-state index is 13.1. The lowest BCUT2D eigenvalue weighted by Gasteiger charge is -2.36. The molecule has 35 heavy (non-hydrogen) atoms. The van der Waals surface area contributed by atoms with E-state index in [1.807, 2.05) is 18.2 Å². The molecule has 1 fully saturated rings. The van der Waals surface area contributed by atoms with E-state index in [2.05, 4.69) is 11.0 Å². The number of nitrogens with zero attached hydrogens (tertiary/aromatic N) is 3. The molecule has 0 aliphatic carbocycles. The van der Waals surface area contributed by atoms with Crippen LogP contribution in [-0.4, -0.2) is 52.5 Å². The van der Waals surface area contributed by atoms with Crippen LogP contribution in [0.3, 0.4) is 0 Å². The molecular formula is C26H26N4O5. The van der Waals surface area contributed by atoms with Gasteiger partial charge in [-0.2, -0.15) is 5.26 Å². The highest BCUT2D eigenvalue weighted by molar-refractivity contribution is 6.06. The average molecular weight is 475 g/mol. The maximum absolute atomic E-state index is 13.1. The van der Waals surface area contributed by atoms with Crippen molar-refractivity contribution in [2.75, 3.05) is 50.3 Å². The van der Waals surface area contributed by atoms with E-state index in [0.29, 0.717) is 24.5 Å². The van der Waals surface area contributed by atoms with Crippen molar-refractivity contribution >= 4 is 23.3 Å². The Labute approximate surface area is 203 Å². The number of nitriles is 1. The molecule has 0 bridgehead atoms. The Bertz CT molecular complexity index is 1210. The SMILES string of the molecule is COC(=O)C1=C(C(=O)OC)N(c2ccc(N3CCOCC3)cc2)C(N)=C(C#N)C1c1ccccc1. The number of ether oxygens (including phenoxy) is 3. The number of allylic oxidation sites excluding steroid dienone is 1. The van der Waals surface area contributed by atoms with Gasteiger partial charge in [0.15, 0.2) is 0 Å². The summed E-state index contributed by atoms with van der Waals surface area (Å²) in [5, 5.41) is 10.1. The highest BCUT2D eigenvalue weighted by Crippen LogP contribution is 2.43. The van der Waals surface area contributed by atoms with Crippen molar-refractivity contribution in [3.63, 3.8) is 0 Å². The number of rotatable bonds is 5. The van der Waals surface area contributed by atoms with Crippen LogP contribution in [0.25, 0.3) is 0 Å². The van der Waals surface area contributed by atoms with Gasteiger partial charge in [0.2, 0.25) is 0 Å². The summed E-state index contributed by atoms with van der Waals surface area (Å²) in [6.07, 6.45) is 0. The van der Waals surface area contributed by atoms with Crippen molar-refractivity contribution in [2.24, 2.45) is 5.73 Å². The van der Waals surface area contributed by atoms with Gasteiger partial charge in [0.1, 0.15) is 11.5 Å². The Hall–Kier alpha value is -4.29. The molecule has 0 saturated carbocycles. The summed E-state index contributed by atoms with van der Waals surface area (Å²) in [7, 11) is 2.45. The molecule has 1 unspecified atom stereocenters. The number of esters is 2. The first-order chi connectivity index (χ1) is 17.0. The lowest BCUT2D eigenvalue weighted by Crippen LogP contribution is -2.40. The van der Waals surface area contributed by atoms with Crippen LogP contribution in [0.15, 0.2) is 77.3 Å². The van der Waals surface area contributed by atoms with Crippen LogP contribution in [0.4, 0.5) is 11.4 Å². The first kappa shape index (κ1) is 23.9. The zero-order chi connectivity index (χ0) is 24.9. The van der Waals surface area contributed by atoms with Crippen LogP contribution in [0.2, 0.25) is 0 Å². The number of hydrogen-bond acceptors (Lipinski definition) is 9. The Morgan fingerprint density at radius 1 is 0.971 bits per heavy atom. The van der Waals surface area contributed by atoms with Gasteiger partial charge in [-0.15, -0.1) is 0 Å². The molecule has 2 aliphatic heterocycles. The molecular weight excluding hydrogens is 448 g/mol. The fraction of sp³-hybridized carbons (Fsp3) is 0.269. The van der Waals surface area contributed by atoms with Gasteiger partial charge in [-0.25, -0.2) is 9.59 Å². The number of methoxy groups -OCH3 is 2. The number of anilines is 2. The van der Waals surface area contributed by atoms with Gasteiger partial charge >= 0.3 is 11.9 Å². The summed E-state index contributed by atoms with van der Waals surface area (Å²) < 4.78 is 15.5. The number of benzene rings is 2. The molecule has 2 aromatic rings. The molecule has 0 amide bonds. The summed E-state index contributed by atoms with van der Waals surface area (Å²) >= 11 is 0. The predicted octanol–water partition coefficient (Wildman–Crippen LogP) is 2.42. The number of morpholine rings is 1. The van der Waals surface area contributed by atoms with Crippen LogP contribution in [0.5, 0.6) is 0 Å². The lowest BCUT2D eigenvalue weighted by molar-refractivity contribution is -0.139. The van der Waals surface area contributed by atoms with Crippen molar-refractivity contribution in [1.82, 2.24) is 0 Å². The van der Waals surface area contributed by atoms with E-state index in [1.54, 1.807) is 36.4 Å². The molecule has 180 valence electrons. The Morgan fingerprint density at radius 3 is 2.14 bits per heavy atom. The van der Waals surface area contributed by atoms with Crippen LogP contribution in [0, 0.1) is 11.3 Å². The van der Waals surface area contributed by atoms with Crippen molar-refractivity contribution in [3.05, 3.63) is 82.8 Å². The molecule has 2 heterocycles. The fourth-order valence-corrected chi connectivity index (χ4v) is 4.42. The topological polar surface area (TPSA) is 118 Å². The first-order valence-electron chi connectivity index (χ1n) is 11.1. The molecule has 0 radical (unpaired) electrons. The average Bonchev–Trinajstić information content (AvgIpc) is 2.92. The molecule has 4 rings (SSSR count). The molecule has 2 aromatic carbocycles. The minimum absolute atomic E-state index is 0.0199. The van der Waals surface area contributed by atoms with Crippen molar-refractivity contribution in [2.45, 2.75) is 5.92 Å². The van der Waals surface area contributed by atoms with Gasteiger partial charge in [-0.3, -0.25) is 4.90 Å². The normalized spacial score (nSPS) is 18.3. The Kier molecular flexibility index (Phi) is 7.03. The van der Waals surface area contributed by atoms with E-state index in [1.165, 1.54) is 19.1 Å². The highest BCUT2D eigenvalue weighted by Gasteiger charge is 2.42. The highest BCUT2D eigenvalue weighted by atomic mass is 16.5. The quantitative estimate of drug-likeness (QED) is 0.652. The number of carbonyl (C=O) groups excluding carboxylic acids is 2. The lowest BCUT2D eigenvalue weighted by atomic mass is 9.81. The first-order valence-corrected chi connectivity index (χ1v) is 11.1. The summed E-state index contributed by atoms with van der Waals surface area (Å²) in [6.45, 7) is 2.83. The number of carbonyl (C=O) groups is 2. The van der Waals surface area contributed by atoms with Gasteiger partial charge in [0, 0.05) is 24.5 Å². The largest absolute Gasteiger partial charge is 0.466 e. The molecule has 1 atom stereocenters. The minimum Gasteiger partial charge on any atom is -0.466 e. The molecule has 1 saturated heterocycles. The number of nitrogens with two attached hydrogens (primary N) is 1. The zero-order valence-corrected chi connectivity index (χ0v) is 19.6. The van der Waals surface area contributed by atoms with Crippen LogP contribution >= 0.6 is 0 Å². The summed E-state index contributed by atoms with van der Waals surface area (Å²) in [6, 6.07) is 18.4. The summed E-state index contributed by atoms with van der Waals surface area (Å²) in [4.78, 5) is 29.8. The van der Waals surface area contributed by atoms with Crippen molar-refractivity contribution < 1.29 is 23.8 Å². The Morgan fingerprint density at radius 2 is 1.57 bits per heavy atom.